The third-order valence-corrected chi connectivity index (χ3v) is 4.46. The van der Waals surface area contributed by atoms with Crippen LogP contribution in [0.15, 0.2) is 23.2 Å². The molecular weight excluding hydrogens is 264 g/mol. The molecule has 0 atom stereocenters. The van der Waals surface area contributed by atoms with E-state index in [9.17, 15) is 8.42 Å². The van der Waals surface area contributed by atoms with Crippen LogP contribution in [-0.4, -0.2) is 44.5 Å². The zero-order valence-electron chi connectivity index (χ0n) is 11.6. The summed E-state index contributed by atoms with van der Waals surface area (Å²) in [6.45, 7) is 5.41. The van der Waals surface area contributed by atoms with Crippen LogP contribution in [0.4, 0.5) is 5.82 Å². The maximum Gasteiger partial charge on any atom is 0.244 e. The SMILES string of the molecule is CC(C)N(C)CCCNS(=O)(=O)c1cccnc1N. The highest BCUT2D eigenvalue weighted by molar-refractivity contribution is 7.89. The number of sulfonamides is 1. The summed E-state index contributed by atoms with van der Waals surface area (Å²) >= 11 is 0. The van der Waals surface area contributed by atoms with Gasteiger partial charge >= 0.3 is 0 Å². The molecule has 0 aliphatic carbocycles. The van der Waals surface area contributed by atoms with E-state index in [0.717, 1.165) is 13.0 Å². The maximum atomic E-state index is 12.0. The lowest BCUT2D eigenvalue weighted by Gasteiger charge is -2.20. The normalized spacial score (nSPS) is 12.3. The van der Waals surface area contributed by atoms with Crippen LogP contribution in [0.1, 0.15) is 20.3 Å². The van der Waals surface area contributed by atoms with E-state index >= 15 is 0 Å². The molecule has 108 valence electrons. The van der Waals surface area contributed by atoms with E-state index in [2.05, 4.69) is 28.5 Å². The van der Waals surface area contributed by atoms with E-state index in [0.29, 0.717) is 12.6 Å². The van der Waals surface area contributed by atoms with Crippen LogP contribution in [0.3, 0.4) is 0 Å². The number of nitrogens with two attached hydrogens (primary N) is 1. The van der Waals surface area contributed by atoms with Gasteiger partial charge in [-0.15, -0.1) is 0 Å². The summed E-state index contributed by atoms with van der Waals surface area (Å²) in [6, 6.07) is 3.45. The summed E-state index contributed by atoms with van der Waals surface area (Å²) in [5, 5.41) is 0. The topological polar surface area (TPSA) is 88.3 Å². The highest BCUT2D eigenvalue weighted by atomic mass is 32.2. The minimum Gasteiger partial charge on any atom is -0.383 e. The molecule has 1 heterocycles. The van der Waals surface area contributed by atoms with Crippen molar-refractivity contribution < 1.29 is 8.42 Å². The third kappa shape index (κ3) is 4.77. The number of hydrogen-bond acceptors (Lipinski definition) is 5. The molecule has 1 aromatic rings. The van der Waals surface area contributed by atoms with Gasteiger partial charge in [0.1, 0.15) is 10.7 Å². The molecule has 19 heavy (non-hydrogen) atoms. The molecular formula is C12H22N4O2S. The Morgan fingerprint density at radius 2 is 2.16 bits per heavy atom. The van der Waals surface area contributed by atoms with E-state index in [4.69, 9.17) is 5.73 Å². The van der Waals surface area contributed by atoms with Crippen molar-refractivity contribution in [1.82, 2.24) is 14.6 Å². The van der Waals surface area contributed by atoms with Gasteiger partial charge in [-0.25, -0.2) is 18.1 Å². The Morgan fingerprint density at radius 1 is 1.47 bits per heavy atom. The molecule has 0 bridgehead atoms. The average molecular weight is 286 g/mol. The Bertz CT molecular complexity index is 502. The van der Waals surface area contributed by atoms with Gasteiger partial charge in [-0.1, -0.05) is 0 Å². The van der Waals surface area contributed by atoms with Crippen molar-refractivity contribution in [3.8, 4) is 0 Å². The van der Waals surface area contributed by atoms with Crippen LogP contribution < -0.4 is 10.5 Å². The lowest BCUT2D eigenvalue weighted by molar-refractivity contribution is 0.271. The van der Waals surface area contributed by atoms with Crippen LogP contribution in [0, 0.1) is 0 Å². The molecule has 0 saturated carbocycles. The van der Waals surface area contributed by atoms with Gasteiger partial charge in [0.25, 0.3) is 0 Å². The molecule has 0 unspecified atom stereocenters. The third-order valence-electron chi connectivity index (χ3n) is 2.95. The summed E-state index contributed by atoms with van der Waals surface area (Å²) in [5.74, 6) is 0.0225. The number of nitrogens with one attached hydrogen (secondary N) is 1. The van der Waals surface area contributed by atoms with Gasteiger partial charge in [-0.2, -0.15) is 0 Å². The fourth-order valence-corrected chi connectivity index (χ4v) is 2.66. The van der Waals surface area contributed by atoms with Gasteiger partial charge in [-0.05, 0) is 46.0 Å². The molecule has 0 aliphatic heterocycles. The molecule has 7 heteroatoms. The molecule has 0 radical (unpaired) electrons. The minimum absolute atomic E-state index is 0.0225. The standard InChI is InChI=1S/C12H22N4O2S/c1-10(2)16(3)9-5-8-15-19(17,18)11-6-4-7-14-12(11)13/h4,6-7,10,15H,5,8-9H2,1-3H3,(H2,13,14). The van der Waals surface area contributed by atoms with Gasteiger partial charge in [0, 0.05) is 18.8 Å². The summed E-state index contributed by atoms with van der Waals surface area (Å²) in [4.78, 5) is 5.97. The summed E-state index contributed by atoms with van der Waals surface area (Å²) in [5.41, 5.74) is 5.56. The number of pyridine rings is 1. The molecule has 0 aliphatic rings. The Morgan fingerprint density at radius 3 is 2.74 bits per heavy atom. The number of nitrogens with zero attached hydrogens (tertiary/aromatic N) is 2. The van der Waals surface area contributed by atoms with E-state index in [-0.39, 0.29) is 10.7 Å². The number of rotatable bonds is 7. The first-order valence-electron chi connectivity index (χ1n) is 6.25. The van der Waals surface area contributed by atoms with Crippen molar-refractivity contribution in [3.63, 3.8) is 0 Å². The highest BCUT2D eigenvalue weighted by Crippen LogP contribution is 2.13. The van der Waals surface area contributed by atoms with E-state index in [1.807, 2.05) is 7.05 Å². The van der Waals surface area contributed by atoms with Gasteiger partial charge in [0.2, 0.25) is 10.0 Å². The number of nitrogen functional groups attached to an aromatic ring is 1. The fourth-order valence-electron chi connectivity index (χ4n) is 1.50. The maximum absolute atomic E-state index is 12.0. The van der Waals surface area contributed by atoms with Crippen LogP contribution in [0.5, 0.6) is 0 Å². The predicted molar refractivity (Wildman–Crippen MR) is 76.2 cm³/mol. The molecule has 0 saturated heterocycles. The van der Waals surface area contributed by atoms with Crippen molar-refractivity contribution >= 4 is 15.8 Å². The van der Waals surface area contributed by atoms with Gasteiger partial charge in [0.05, 0.1) is 0 Å². The average Bonchev–Trinajstić information content (AvgIpc) is 2.34. The first-order valence-corrected chi connectivity index (χ1v) is 7.73. The van der Waals surface area contributed by atoms with E-state index in [1.54, 1.807) is 6.07 Å². The number of anilines is 1. The Balaban J connectivity index is 2.51. The first-order chi connectivity index (χ1) is 8.84. The Labute approximate surface area is 115 Å². The van der Waals surface area contributed by atoms with Crippen LogP contribution in [0.2, 0.25) is 0 Å². The quantitative estimate of drug-likeness (QED) is 0.719. The van der Waals surface area contributed by atoms with Gasteiger partial charge in [-0.3, -0.25) is 0 Å². The van der Waals surface area contributed by atoms with Crippen LogP contribution in [0.25, 0.3) is 0 Å². The second-order valence-electron chi connectivity index (χ2n) is 4.71. The summed E-state index contributed by atoms with van der Waals surface area (Å²) in [7, 11) is -1.55. The van der Waals surface area contributed by atoms with Gasteiger partial charge < -0.3 is 10.6 Å². The molecule has 0 spiro atoms. The molecule has 1 rings (SSSR count). The first kappa shape index (κ1) is 15.9. The molecule has 0 amide bonds. The van der Waals surface area contributed by atoms with Crippen molar-refractivity contribution in [3.05, 3.63) is 18.3 Å². The lowest BCUT2D eigenvalue weighted by atomic mass is 10.3. The molecule has 1 aromatic heterocycles. The van der Waals surface area contributed by atoms with Crippen LogP contribution in [-0.2, 0) is 10.0 Å². The summed E-state index contributed by atoms with van der Waals surface area (Å²) in [6.07, 6.45) is 2.21. The molecule has 0 aromatic carbocycles. The minimum atomic E-state index is -3.57. The lowest BCUT2D eigenvalue weighted by Crippen LogP contribution is -2.31. The van der Waals surface area contributed by atoms with E-state index < -0.39 is 10.0 Å². The largest absolute Gasteiger partial charge is 0.383 e. The molecule has 6 nitrogen and oxygen atoms in total. The number of aromatic nitrogens is 1. The van der Waals surface area contributed by atoms with Crippen molar-refractivity contribution in [2.24, 2.45) is 0 Å². The monoisotopic (exact) mass is 286 g/mol. The number of hydrogen-bond donors (Lipinski definition) is 2. The molecule has 3 N–H and O–H groups in total. The zero-order valence-corrected chi connectivity index (χ0v) is 12.4. The van der Waals surface area contributed by atoms with Crippen molar-refractivity contribution in [2.45, 2.75) is 31.2 Å². The van der Waals surface area contributed by atoms with Crippen molar-refractivity contribution in [2.75, 3.05) is 25.9 Å². The van der Waals surface area contributed by atoms with E-state index in [1.165, 1.54) is 12.3 Å². The van der Waals surface area contributed by atoms with Crippen LogP contribution >= 0.6 is 0 Å². The van der Waals surface area contributed by atoms with Crippen molar-refractivity contribution in [1.29, 1.82) is 0 Å². The predicted octanol–water partition coefficient (Wildman–Crippen LogP) is 0.672. The Hall–Kier alpha value is -1.18. The zero-order chi connectivity index (χ0) is 14.5. The fraction of sp³-hybridized carbons (Fsp3) is 0.583. The smallest absolute Gasteiger partial charge is 0.244 e. The molecule has 0 fully saturated rings. The van der Waals surface area contributed by atoms with Gasteiger partial charge in [0.15, 0.2) is 0 Å². The second kappa shape index (κ2) is 6.83. The summed E-state index contributed by atoms with van der Waals surface area (Å²) < 4.78 is 26.5. The Kier molecular flexibility index (Phi) is 5.71. The highest BCUT2D eigenvalue weighted by Gasteiger charge is 2.17. The second-order valence-corrected chi connectivity index (χ2v) is 6.45.